The van der Waals surface area contributed by atoms with Crippen molar-refractivity contribution in [3.8, 4) is 11.5 Å². The van der Waals surface area contributed by atoms with Crippen LogP contribution in [0.5, 0.6) is 11.5 Å². The Balaban J connectivity index is 1.88. The van der Waals surface area contributed by atoms with Crippen molar-refractivity contribution >= 4 is 39.9 Å². The third-order valence-electron chi connectivity index (χ3n) is 3.08. The molecule has 0 unspecified atom stereocenters. The van der Waals surface area contributed by atoms with Gasteiger partial charge in [-0.05, 0) is 34.7 Å². The van der Waals surface area contributed by atoms with Gasteiger partial charge in [-0.3, -0.25) is 4.79 Å². The summed E-state index contributed by atoms with van der Waals surface area (Å²) >= 11 is 2.12. The average Bonchev–Trinajstić information content (AvgIpc) is 2.48. The molecule has 0 atom stereocenters. The molecular weight excluding hydrogens is 383 g/mol. The summed E-state index contributed by atoms with van der Waals surface area (Å²) in [6.07, 6.45) is 0. The first-order chi connectivity index (χ1) is 10.1. The molecule has 0 aliphatic carbocycles. The standard InChI is InChI=1S/C15H13IN2O3/c16-10-4-2-1-3-9(10)15(19)18-12-8-14-13(7-11(12)17)20-5-6-21-14/h1-4,7-8H,5-6,17H2,(H,18,19). The van der Waals surface area contributed by atoms with Crippen LogP contribution in [-0.2, 0) is 0 Å². The molecule has 0 radical (unpaired) electrons. The lowest BCUT2D eigenvalue weighted by molar-refractivity contribution is 0.102. The lowest BCUT2D eigenvalue weighted by atomic mass is 10.2. The minimum atomic E-state index is -0.205. The van der Waals surface area contributed by atoms with Crippen molar-refractivity contribution < 1.29 is 14.3 Å². The number of carbonyl (C=O) groups is 1. The summed E-state index contributed by atoms with van der Waals surface area (Å²) in [4.78, 5) is 12.3. The van der Waals surface area contributed by atoms with E-state index in [0.717, 1.165) is 3.57 Å². The number of carbonyl (C=O) groups excluding carboxylic acids is 1. The number of amides is 1. The first-order valence-electron chi connectivity index (χ1n) is 6.40. The first-order valence-corrected chi connectivity index (χ1v) is 7.48. The van der Waals surface area contributed by atoms with Gasteiger partial charge < -0.3 is 20.5 Å². The fourth-order valence-electron chi connectivity index (χ4n) is 2.05. The Kier molecular flexibility index (Phi) is 3.87. The van der Waals surface area contributed by atoms with Crippen LogP contribution >= 0.6 is 22.6 Å². The maximum Gasteiger partial charge on any atom is 0.256 e. The van der Waals surface area contributed by atoms with Gasteiger partial charge in [0.2, 0.25) is 0 Å². The molecule has 0 fully saturated rings. The van der Waals surface area contributed by atoms with Gasteiger partial charge in [0.1, 0.15) is 13.2 Å². The van der Waals surface area contributed by atoms with Crippen LogP contribution in [0.3, 0.4) is 0 Å². The molecule has 21 heavy (non-hydrogen) atoms. The van der Waals surface area contributed by atoms with Crippen LogP contribution in [0.2, 0.25) is 0 Å². The third-order valence-corrected chi connectivity index (χ3v) is 4.02. The van der Waals surface area contributed by atoms with Gasteiger partial charge in [0.05, 0.1) is 16.9 Å². The molecule has 0 saturated carbocycles. The lowest BCUT2D eigenvalue weighted by Gasteiger charge is -2.20. The molecule has 0 saturated heterocycles. The van der Waals surface area contributed by atoms with Gasteiger partial charge >= 0.3 is 0 Å². The minimum absolute atomic E-state index is 0.205. The van der Waals surface area contributed by atoms with E-state index in [-0.39, 0.29) is 5.91 Å². The third kappa shape index (κ3) is 2.90. The fourth-order valence-corrected chi connectivity index (χ4v) is 2.68. The van der Waals surface area contributed by atoms with E-state index in [1.54, 1.807) is 18.2 Å². The smallest absolute Gasteiger partial charge is 0.256 e. The van der Waals surface area contributed by atoms with Gasteiger partial charge in [-0.25, -0.2) is 0 Å². The molecule has 3 rings (SSSR count). The second-order valence-corrected chi connectivity index (χ2v) is 5.68. The summed E-state index contributed by atoms with van der Waals surface area (Å²) < 4.78 is 11.8. The topological polar surface area (TPSA) is 73.6 Å². The quantitative estimate of drug-likeness (QED) is 0.605. The summed E-state index contributed by atoms with van der Waals surface area (Å²) in [5.41, 5.74) is 7.52. The number of hydrogen-bond acceptors (Lipinski definition) is 4. The van der Waals surface area contributed by atoms with Crippen LogP contribution in [0.15, 0.2) is 36.4 Å². The SMILES string of the molecule is Nc1cc2c(cc1NC(=O)c1ccccc1I)OCCO2. The normalized spacial score (nSPS) is 12.8. The molecule has 2 aromatic carbocycles. The molecule has 1 heterocycles. The molecular formula is C15H13IN2O3. The van der Waals surface area contributed by atoms with E-state index in [9.17, 15) is 4.79 Å². The Bertz CT molecular complexity index is 703. The minimum Gasteiger partial charge on any atom is -0.486 e. The molecule has 1 aliphatic heterocycles. The van der Waals surface area contributed by atoms with Crippen molar-refractivity contribution in [3.05, 3.63) is 45.5 Å². The molecule has 6 heteroatoms. The zero-order chi connectivity index (χ0) is 14.8. The van der Waals surface area contributed by atoms with E-state index < -0.39 is 0 Å². The molecule has 0 bridgehead atoms. The van der Waals surface area contributed by atoms with Gasteiger partial charge in [0.25, 0.3) is 5.91 Å². The number of halogens is 1. The van der Waals surface area contributed by atoms with Gasteiger partial charge in [-0.2, -0.15) is 0 Å². The summed E-state index contributed by atoms with van der Waals surface area (Å²) in [5.74, 6) is 0.989. The number of nitrogen functional groups attached to an aromatic ring is 1. The van der Waals surface area contributed by atoms with Crippen LogP contribution in [0, 0.1) is 3.57 Å². The highest BCUT2D eigenvalue weighted by molar-refractivity contribution is 14.1. The Morgan fingerprint density at radius 2 is 1.81 bits per heavy atom. The number of nitrogens with two attached hydrogens (primary N) is 1. The molecule has 2 aromatic rings. The van der Waals surface area contributed by atoms with Crippen molar-refractivity contribution in [2.45, 2.75) is 0 Å². The number of nitrogens with one attached hydrogen (secondary N) is 1. The van der Waals surface area contributed by atoms with Crippen molar-refractivity contribution in [2.24, 2.45) is 0 Å². The molecule has 1 aliphatic rings. The number of fused-ring (bicyclic) bond motifs is 1. The van der Waals surface area contributed by atoms with Crippen LogP contribution in [0.1, 0.15) is 10.4 Å². The molecule has 1 amide bonds. The highest BCUT2D eigenvalue weighted by Crippen LogP contribution is 2.37. The second kappa shape index (κ2) is 5.80. The van der Waals surface area contributed by atoms with E-state index in [1.807, 2.05) is 18.2 Å². The first kappa shape index (κ1) is 14.0. The largest absolute Gasteiger partial charge is 0.486 e. The van der Waals surface area contributed by atoms with Gasteiger partial charge in [0.15, 0.2) is 11.5 Å². The Morgan fingerprint density at radius 1 is 1.14 bits per heavy atom. The van der Waals surface area contributed by atoms with Gasteiger partial charge in [0, 0.05) is 15.7 Å². The van der Waals surface area contributed by atoms with Gasteiger partial charge in [-0.1, -0.05) is 12.1 Å². The predicted octanol–water partition coefficient (Wildman–Crippen LogP) is 2.90. The Hall–Kier alpha value is -1.96. The van der Waals surface area contributed by atoms with E-state index in [1.165, 1.54) is 0 Å². The lowest BCUT2D eigenvalue weighted by Crippen LogP contribution is -2.18. The number of hydrogen-bond donors (Lipinski definition) is 2. The summed E-state index contributed by atoms with van der Waals surface area (Å²) in [5, 5.41) is 2.81. The predicted molar refractivity (Wildman–Crippen MR) is 89.0 cm³/mol. The van der Waals surface area contributed by atoms with E-state index in [0.29, 0.717) is 41.7 Å². The molecule has 0 aromatic heterocycles. The Morgan fingerprint density at radius 3 is 2.52 bits per heavy atom. The van der Waals surface area contributed by atoms with Crippen LogP contribution in [0.25, 0.3) is 0 Å². The monoisotopic (exact) mass is 396 g/mol. The average molecular weight is 396 g/mol. The van der Waals surface area contributed by atoms with E-state index in [2.05, 4.69) is 27.9 Å². The number of ether oxygens (including phenoxy) is 2. The van der Waals surface area contributed by atoms with Crippen molar-refractivity contribution in [1.82, 2.24) is 0 Å². The molecule has 0 spiro atoms. The highest BCUT2D eigenvalue weighted by Gasteiger charge is 2.17. The maximum absolute atomic E-state index is 12.3. The van der Waals surface area contributed by atoms with E-state index >= 15 is 0 Å². The van der Waals surface area contributed by atoms with Crippen LogP contribution < -0.4 is 20.5 Å². The number of rotatable bonds is 2. The second-order valence-electron chi connectivity index (χ2n) is 4.52. The Labute approximate surface area is 135 Å². The molecule has 5 nitrogen and oxygen atoms in total. The van der Waals surface area contributed by atoms with Gasteiger partial charge in [-0.15, -0.1) is 0 Å². The summed E-state index contributed by atoms with van der Waals surface area (Å²) in [7, 11) is 0. The number of benzene rings is 2. The fraction of sp³-hybridized carbons (Fsp3) is 0.133. The molecule has 108 valence electrons. The van der Waals surface area contributed by atoms with Crippen molar-refractivity contribution in [1.29, 1.82) is 0 Å². The van der Waals surface area contributed by atoms with Crippen LogP contribution in [-0.4, -0.2) is 19.1 Å². The number of anilines is 2. The zero-order valence-electron chi connectivity index (χ0n) is 11.1. The van der Waals surface area contributed by atoms with E-state index in [4.69, 9.17) is 15.2 Å². The summed E-state index contributed by atoms with van der Waals surface area (Å²) in [6.45, 7) is 0.987. The maximum atomic E-state index is 12.3. The molecule has 3 N–H and O–H groups in total. The van der Waals surface area contributed by atoms with Crippen molar-refractivity contribution in [3.63, 3.8) is 0 Å². The highest BCUT2D eigenvalue weighted by atomic mass is 127. The summed E-state index contributed by atoms with van der Waals surface area (Å²) in [6, 6.07) is 10.7. The zero-order valence-corrected chi connectivity index (χ0v) is 13.2. The van der Waals surface area contributed by atoms with Crippen molar-refractivity contribution in [2.75, 3.05) is 24.3 Å². The van der Waals surface area contributed by atoms with Crippen LogP contribution in [0.4, 0.5) is 11.4 Å².